The van der Waals surface area contributed by atoms with Crippen molar-refractivity contribution in [2.24, 2.45) is 5.92 Å². The number of hydrogen-bond donors (Lipinski definition) is 3. The Balaban J connectivity index is 1.17. The Labute approximate surface area is 199 Å². The van der Waals surface area contributed by atoms with E-state index in [1.54, 1.807) is 0 Å². The summed E-state index contributed by atoms with van der Waals surface area (Å²) in [5, 5.41) is 21.1. The lowest BCUT2D eigenvalue weighted by molar-refractivity contribution is -0.141. The Bertz CT molecular complexity index is 1230. The molecule has 3 aromatic rings. The number of carboxylic acid groups (broad SMARTS) is 1. The van der Waals surface area contributed by atoms with Gasteiger partial charge in [0.05, 0.1) is 18.6 Å². The lowest BCUT2D eigenvalue weighted by Gasteiger charge is -2.14. The highest BCUT2D eigenvalue weighted by atomic mass is 16.6. The van der Waals surface area contributed by atoms with Crippen LogP contribution in [0.4, 0.5) is 10.6 Å². The molecule has 0 saturated carbocycles. The lowest BCUT2D eigenvalue weighted by atomic mass is 9.98. The smallest absolute Gasteiger partial charge is 0.412 e. The van der Waals surface area contributed by atoms with Crippen molar-refractivity contribution in [3.63, 3.8) is 0 Å². The molecule has 1 saturated heterocycles. The average Bonchev–Trinajstić information content (AvgIpc) is 3.59. The highest BCUT2D eigenvalue weighted by Crippen LogP contribution is 2.44. The second-order valence-corrected chi connectivity index (χ2v) is 8.35. The topological polar surface area (TPSA) is 153 Å². The number of nitrogens with one attached hydrogen (secondary N) is 2. The van der Waals surface area contributed by atoms with Gasteiger partial charge in [0.2, 0.25) is 11.5 Å². The van der Waals surface area contributed by atoms with E-state index < -0.39 is 30.0 Å². The Hall–Kier alpha value is -4.25. The third-order valence-corrected chi connectivity index (χ3v) is 6.19. The number of ether oxygens (including phenoxy) is 2. The zero-order chi connectivity index (χ0) is 24.4. The zero-order valence-corrected chi connectivity index (χ0v) is 18.5. The van der Waals surface area contributed by atoms with Crippen LogP contribution in [-0.4, -0.2) is 59.3 Å². The molecule has 3 N–H and O–H groups in total. The van der Waals surface area contributed by atoms with Crippen molar-refractivity contribution in [3.8, 4) is 11.1 Å². The van der Waals surface area contributed by atoms with Crippen LogP contribution >= 0.6 is 0 Å². The van der Waals surface area contributed by atoms with Gasteiger partial charge in [0.15, 0.2) is 0 Å². The van der Waals surface area contributed by atoms with Gasteiger partial charge in [-0.15, -0.1) is 0 Å². The summed E-state index contributed by atoms with van der Waals surface area (Å²) in [5.74, 6) is -2.49. The molecular formula is C24H22N4O7. The number of carbonyl (C=O) groups is 3. The monoisotopic (exact) mass is 478 g/mol. The predicted molar refractivity (Wildman–Crippen MR) is 121 cm³/mol. The molecule has 180 valence electrons. The Morgan fingerprint density at radius 1 is 1.03 bits per heavy atom. The summed E-state index contributed by atoms with van der Waals surface area (Å²) in [4.78, 5) is 36.0. The molecule has 1 fully saturated rings. The van der Waals surface area contributed by atoms with Crippen LogP contribution < -0.4 is 10.6 Å². The molecule has 11 nitrogen and oxygen atoms in total. The highest BCUT2D eigenvalue weighted by molar-refractivity contribution is 5.99. The summed E-state index contributed by atoms with van der Waals surface area (Å²) in [6.45, 7) is 0.270. The molecule has 5 rings (SSSR count). The van der Waals surface area contributed by atoms with Crippen LogP contribution in [0.15, 0.2) is 53.2 Å². The first-order chi connectivity index (χ1) is 17.0. The molecule has 2 amide bonds. The molecule has 2 aliphatic rings. The van der Waals surface area contributed by atoms with E-state index in [-0.39, 0.29) is 43.6 Å². The summed E-state index contributed by atoms with van der Waals surface area (Å²) < 4.78 is 15.5. The second kappa shape index (κ2) is 9.55. The average molecular weight is 478 g/mol. The molecule has 2 aromatic carbocycles. The minimum absolute atomic E-state index is 0.0832. The van der Waals surface area contributed by atoms with Gasteiger partial charge in [-0.2, -0.15) is 0 Å². The van der Waals surface area contributed by atoms with Crippen LogP contribution in [0.5, 0.6) is 0 Å². The number of amides is 2. The highest BCUT2D eigenvalue weighted by Gasteiger charge is 2.32. The molecule has 1 aliphatic carbocycles. The number of carboxylic acids is 1. The fourth-order valence-electron chi connectivity index (χ4n) is 4.46. The molecule has 35 heavy (non-hydrogen) atoms. The number of benzene rings is 2. The normalized spacial score (nSPS) is 18.5. The number of hydrogen-bond acceptors (Lipinski definition) is 8. The number of aromatic nitrogens is 2. The minimum atomic E-state index is -0.936. The van der Waals surface area contributed by atoms with E-state index in [0.29, 0.717) is 0 Å². The molecule has 2 heterocycles. The summed E-state index contributed by atoms with van der Waals surface area (Å²) in [7, 11) is 0. The van der Waals surface area contributed by atoms with Crippen LogP contribution in [0.3, 0.4) is 0 Å². The van der Waals surface area contributed by atoms with Crippen LogP contribution in [0, 0.1) is 5.92 Å². The van der Waals surface area contributed by atoms with Gasteiger partial charge in [-0.3, -0.25) is 14.9 Å². The number of aliphatic carboxylic acids is 1. The fourth-order valence-corrected chi connectivity index (χ4v) is 4.46. The number of fused-ring (bicyclic) bond motifs is 3. The first kappa shape index (κ1) is 22.5. The van der Waals surface area contributed by atoms with E-state index in [2.05, 4.69) is 25.6 Å². The van der Waals surface area contributed by atoms with Gasteiger partial charge in [-0.25, -0.2) is 9.42 Å². The van der Waals surface area contributed by atoms with E-state index in [0.717, 1.165) is 22.3 Å². The molecule has 0 bridgehead atoms. The summed E-state index contributed by atoms with van der Waals surface area (Å²) >= 11 is 0. The lowest BCUT2D eigenvalue weighted by Crippen LogP contribution is -2.33. The zero-order valence-electron chi connectivity index (χ0n) is 18.5. The number of rotatable bonds is 7. The molecule has 1 aromatic heterocycles. The standard InChI is InChI=1S/C24H22N4O7/c29-22(25-10-14-9-13(11-33-14)23(30)31)20-21(28-35-27-20)26-24(32)34-12-19-17-7-3-1-5-15(17)16-6-2-4-8-18(16)19/h1-8,13-14,19H,9-12H2,(H,25,29)(H,30,31)(H,26,28,32). The van der Waals surface area contributed by atoms with Gasteiger partial charge in [-0.1, -0.05) is 48.5 Å². The fraction of sp³-hybridized carbons (Fsp3) is 0.292. The van der Waals surface area contributed by atoms with Crippen molar-refractivity contribution in [1.29, 1.82) is 0 Å². The molecule has 1 aliphatic heterocycles. The predicted octanol–water partition coefficient (Wildman–Crippen LogP) is 2.65. The second-order valence-electron chi connectivity index (χ2n) is 8.35. The van der Waals surface area contributed by atoms with Crippen molar-refractivity contribution >= 4 is 23.8 Å². The first-order valence-electron chi connectivity index (χ1n) is 11.1. The van der Waals surface area contributed by atoms with Crippen molar-refractivity contribution in [1.82, 2.24) is 15.6 Å². The Kier molecular flexibility index (Phi) is 6.15. The molecule has 0 spiro atoms. The molecular weight excluding hydrogens is 456 g/mol. The third kappa shape index (κ3) is 4.58. The number of anilines is 1. The van der Waals surface area contributed by atoms with Crippen LogP contribution in [0.2, 0.25) is 0 Å². The minimum Gasteiger partial charge on any atom is -0.481 e. The SMILES string of the molecule is O=C(Nc1nonc1C(=O)NCC1CC(C(=O)O)CO1)OCC1c2ccccc2-c2ccccc21. The van der Waals surface area contributed by atoms with E-state index >= 15 is 0 Å². The maximum Gasteiger partial charge on any atom is 0.412 e. The van der Waals surface area contributed by atoms with E-state index in [9.17, 15) is 14.4 Å². The first-order valence-corrected chi connectivity index (χ1v) is 11.1. The maximum atomic E-state index is 12.5. The van der Waals surface area contributed by atoms with Crippen molar-refractivity contribution in [3.05, 3.63) is 65.4 Å². The quantitative estimate of drug-likeness (QED) is 0.465. The van der Waals surface area contributed by atoms with Gasteiger partial charge in [0.1, 0.15) is 6.61 Å². The van der Waals surface area contributed by atoms with E-state index in [1.807, 2.05) is 48.5 Å². The molecule has 0 radical (unpaired) electrons. The summed E-state index contributed by atoms with van der Waals surface area (Å²) in [6, 6.07) is 15.9. The van der Waals surface area contributed by atoms with Crippen molar-refractivity contribution in [2.75, 3.05) is 25.1 Å². The Morgan fingerprint density at radius 2 is 1.71 bits per heavy atom. The summed E-state index contributed by atoms with van der Waals surface area (Å²) in [5.41, 5.74) is 4.13. The van der Waals surface area contributed by atoms with Gasteiger partial charge < -0.3 is 19.9 Å². The Morgan fingerprint density at radius 3 is 2.37 bits per heavy atom. The van der Waals surface area contributed by atoms with Crippen molar-refractivity contribution < 1.29 is 33.6 Å². The van der Waals surface area contributed by atoms with Crippen LogP contribution in [0.1, 0.15) is 34.0 Å². The van der Waals surface area contributed by atoms with Gasteiger partial charge in [0.25, 0.3) is 5.91 Å². The maximum absolute atomic E-state index is 12.5. The molecule has 2 atom stereocenters. The van der Waals surface area contributed by atoms with Crippen LogP contribution in [-0.2, 0) is 14.3 Å². The summed E-state index contributed by atoms with van der Waals surface area (Å²) in [6.07, 6.45) is -0.948. The number of nitrogens with zero attached hydrogens (tertiary/aromatic N) is 2. The van der Waals surface area contributed by atoms with Crippen LogP contribution in [0.25, 0.3) is 11.1 Å². The van der Waals surface area contributed by atoms with Crippen molar-refractivity contribution in [2.45, 2.75) is 18.4 Å². The largest absolute Gasteiger partial charge is 0.481 e. The molecule has 11 heteroatoms. The van der Waals surface area contributed by atoms with E-state index in [1.165, 1.54) is 0 Å². The van der Waals surface area contributed by atoms with Gasteiger partial charge >= 0.3 is 12.1 Å². The van der Waals surface area contributed by atoms with Gasteiger partial charge in [0, 0.05) is 12.5 Å². The van der Waals surface area contributed by atoms with E-state index in [4.69, 9.17) is 14.6 Å². The molecule has 2 unspecified atom stereocenters. The number of carbonyl (C=O) groups excluding carboxylic acids is 2. The van der Waals surface area contributed by atoms with Gasteiger partial charge in [-0.05, 0) is 39.0 Å². The third-order valence-electron chi connectivity index (χ3n) is 6.19.